The third kappa shape index (κ3) is 4.33. The number of para-hydroxylation sites is 1. The Hall–Kier alpha value is -4.10. The average molecular weight is 449 g/mol. The van der Waals surface area contributed by atoms with Crippen LogP contribution in [0.15, 0.2) is 78.4 Å². The van der Waals surface area contributed by atoms with E-state index in [9.17, 15) is 14.4 Å². The second-order valence-corrected chi connectivity index (χ2v) is 7.21. The summed E-state index contributed by atoms with van der Waals surface area (Å²) in [6, 6.07) is 19.7. The van der Waals surface area contributed by atoms with E-state index in [-0.39, 0.29) is 11.3 Å². The summed E-state index contributed by atoms with van der Waals surface area (Å²) in [7, 11) is 1.53. The number of nitrogens with zero attached hydrogens (tertiary/aromatic N) is 1. The van der Waals surface area contributed by atoms with Crippen LogP contribution in [-0.4, -0.2) is 24.9 Å². The summed E-state index contributed by atoms with van der Waals surface area (Å²) in [5.41, 5.74) is 3.55. The highest BCUT2D eigenvalue weighted by Crippen LogP contribution is 2.28. The zero-order valence-corrected chi connectivity index (χ0v) is 17.6. The number of esters is 1. The summed E-state index contributed by atoms with van der Waals surface area (Å²) in [6.07, 6.45) is 1.35. The van der Waals surface area contributed by atoms with Gasteiger partial charge in [-0.2, -0.15) is 0 Å². The number of nitrogens with one attached hydrogen (secondary N) is 1. The molecule has 1 aliphatic heterocycles. The fraction of sp³-hybridized carbons (Fsp3) is 0.0417. The maximum absolute atomic E-state index is 12.8. The van der Waals surface area contributed by atoms with Gasteiger partial charge in [0.05, 0.1) is 18.4 Å². The summed E-state index contributed by atoms with van der Waals surface area (Å²) in [5, 5.41) is 1.51. The van der Waals surface area contributed by atoms with Gasteiger partial charge in [-0.3, -0.25) is 15.0 Å². The van der Waals surface area contributed by atoms with Gasteiger partial charge in [0.25, 0.3) is 11.8 Å². The molecule has 1 fully saturated rings. The van der Waals surface area contributed by atoms with Crippen LogP contribution in [0.5, 0.6) is 11.5 Å². The zero-order chi connectivity index (χ0) is 22.7. The summed E-state index contributed by atoms with van der Waals surface area (Å²) in [6.45, 7) is 0. The number of rotatable bonds is 5. The molecule has 3 aromatic carbocycles. The number of carbonyl (C=O) groups excluding carboxylic acids is 3. The topological polar surface area (TPSA) is 84.9 Å². The highest BCUT2D eigenvalue weighted by Gasteiger charge is 2.34. The van der Waals surface area contributed by atoms with Crippen molar-refractivity contribution in [2.45, 2.75) is 0 Å². The van der Waals surface area contributed by atoms with Crippen molar-refractivity contribution in [1.82, 2.24) is 5.43 Å². The van der Waals surface area contributed by atoms with Crippen LogP contribution in [0.1, 0.15) is 15.9 Å². The minimum atomic E-state index is -0.609. The molecule has 2 amide bonds. The molecule has 3 aromatic rings. The molecule has 0 spiro atoms. The van der Waals surface area contributed by atoms with E-state index in [1.54, 1.807) is 60.7 Å². The molecular formula is C24H17ClN2O5. The van der Waals surface area contributed by atoms with Gasteiger partial charge in [-0.15, -0.1) is 0 Å². The Morgan fingerprint density at radius 3 is 2.41 bits per heavy atom. The maximum atomic E-state index is 12.8. The van der Waals surface area contributed by atoms with Gasteiger partial charge in [0, 0.05) is 10.6 Å². The lowest BCUT2D eigenvalue weighted by atomic mass is 10.1. The van der Waals surface area contributed by atoms with E-state index in [2.05, 4.69) is 5.43 Å². The smallest absolute Gasteiger partial charge is 0.343 e. The number of hydrogen-bond donors (Lipinski definition) is 1. The van der Waals surface area contributed by atoms with Crippen molar-refractivity contribution in [2.24, 2.45) is 0 Å². The van der Waals surface area contributed by atoms with Crippen LogP contribution in [-0.2, 0) is 9.59 Å². The van der Waals surface area contributed by atoms with Crippen molar-refractivity contribution in [2.75, 3.05) is 12.1 Å². The molecule has 0 saturated carbocycles. The molecule has 160 valence electrons. The Morgan fingerprint density at radius 2 is 1.72 bits per heavy atom. The van der Waals surface area contributed by atoms with Gasteiger partial charge >= 0.3 is 5.97 Å². The fourth-order valence-corrected chi connectivity index (χ4v) is 3.26. The Morgan fingerprint density at radius 1 is 1.00 bits per heavy atom. The number of carbonyl (C=O) groups is 3. The Kier molecular flexibility index (Phi) is 5.91. The quantitative estimate of drug-likeness (QED) is 0.276. The summed E-state index contributed by atoms with van der Waals surface area (Å²) >= 11 is 6.11. The summed E-state index contributed by atoms with van der Waals surface area (Å²) < 4.78 is 10.6. The predicted octanol–water partition coefficient (Wildman–Crippen LogP) is 4.03. The molecule has 0 aliphatic carbocycles. The first-order valence-corrected chi connectivity index (χ1v) is 9.92. The molecule has 4 rings (SSSR count). The molecule has 32 heavy (non-hydrogen) atoms. The fourth-order valence-electron chi connectivity index (χ4n) is 3.08. The minimum absolute atomic E-state index is 0.113. The molecule has 7 nitrogen and oxygen atoms in total. The number of hydrogen-bond acceptors (Lipinski definition) is 5. The molecule has 8 heteroatoms. The summed E-state index contributed by atoms with van der Waals surface area (Å²) in [4.78, 5) is 37.9. The highest BCUT2D eigenvalue weighted by molar-refractivity contribution is 6.32. The number of halogens is 1. The predicted molar refractivity (Wildman–Crippen MR) is 119 cm³/mol. The van der Waals surface area contributed by atoms with Gasteiger partial charge in [0.1, 0.15) is 17.1 Å². The van der Waals surface area contributed by atoms with Gasteiger partial charge in [-0.1, -0.05) is 29.8 Å². The molecule has 1 aliphatic rings. The SMILES string of the molecule is COc1ccc(C(=O)Oc2ccc(Cl)cc2/C=C2/C(=O)NN(c3ccccc3)C2=O)cc1. The number of ether oxygens (including phenoxy) is 2. The monoisotopic (exact) mass is 448 g/mol. The van der Waals surface area contributed by atoms with Crippen molar-refractivity contribution in [3.8, 4) is 11.5 Å². The third-order valence-electron chi connectivity index (χ3n) is 4.71. The van der Waals surface area contributed by atoms with Crippen molar-refractivity contribution in [3.63, 3.8) is 0 Å². The minimum Gasteiger partial charge on any atom is -0.497 e. The highest BCUT2D eigenvalue weighted by atomic mass is 35.5. The van der Waals surface area contributed by atoms with Gasteiger partial charge < -0.3 is 9.47 Å². The van der Waals surface area contributed by atoms with Crippen LogP contribution < -0.4 is 19.9 Å². The third-order valence-corrected chi connectivity index (χ3v) is 4.94. The second kappa shape index (κ2) is 8.95. The van der Waals surface area contributed by atoms with E-state index in [0.717, 1.165) is 5.01 Å². The van der Waals surface area contributed by atoms with Crippen LogP contribution in [0.4, 0.5) is 5.69 Å². The molecule has 0 unspecified atom stereocenters. The first-order chi connectivity index (χ1) is 15.5. The van der Waals surface area contributed by atoms with Crippen molar-refractivity contribution in [3.05, 3.63) is 94.5 Å². The Balaban J connectivity index is 1.63. The number of methoxy groups -OCH3 is 1. The Labute approximate surface area is 188 Å². The maximum Gasteiger partial charge on any atom is 0.343 e. The number of amides is 2. The van der Waals surface area contributed by atoms with E-state index in [4.69, 9.17) is 21.1 Å². The first-order valence-electron chi connectivity index (χ1n) is 9.54. The number of hydrazine groups is 1. The van der Waals surface area contributed by atoms with Gasteiger partial charge in [0.15, 0.2) is 0 Å². The van der Waals surface area contributed by atoms with E-state index in [1.165, 1.54) is 25.3 Å². The molecule has 1 saturated heterocycles. The molecule has 0 atom stereocenters. The average Bonchev–Trinajstić information content (AvgIpc) is 3.09. The molecule has 0 bridgehead atoms. The zero-order valence-electron chi connectivity index (χ0n) is 16.9. The van der Waals surface area contributed by atoms with E-state index >= 15 is 0 Å². The number of benzene rings is 3. The van der Waals surface area contributed by atoms with Crippen LogP contribution in [0.2, 0.25) is 5.02 Å². The van der Waals surface area contributed by atoms with E-state index in [0.29, 0.717) is 27.6 Å². The van der Waals surface area contributed by atoms with Crippen LogP contribution in [0.25, 0.3) is 6.08 Å². The molecular weight excluding hydrogens is 432 g/mol. The lowest BCUT2D eigenvalue weighted by molar-refractivity contribution is -0.117. The molecule has 0 aromatic heterocycles. The van der Waals surface area contributed by atoms with Gasteiger partial charge in [0.2, 0.25) is 0 Å². The lowest BCUT2D eigenvalue weighted by Gasteiger charge is -2.14. The number of anilines is 1. The van der Waals surface area contributed by atoms with E-state index < -0.39 is 17.8 Å². The lowest BCUT2D eigenvalue weighted by Crippen LogP contribution is -2.35. The van der Waals surface area contributed by atoms with Crippen LogP contribution in [0.3, 0.4) is 0 Å². The van der Waals surface area contributed by atoms with E-state index in [1.807, 2.05) is 0 Å². The van der Waals surface area contributed by atoms with Crippen LogP contribution >= 0.6 is 11.6 Å². The Bertz CT molecular complexity index is 1220. The van der Waals surface area contributed by atoms with Crippen molar-refractivity contribution < 1.29 is 23.9 Å². The first kappa shape index (κ1) is 21.1. The largest absolute Gasteiger partial charge is 0.497 e. The van der Waals surface area contributed by atoms with Crippen molar-refractivity contribution >= 4 is 41.1 Å². The van der Waals surface area contributed by atoms with Gasteiger partial charge in [-0.05, 0) is 60.7 Å². The molecule has 1 heterocycles. The van der Waals surface area contributed by atoms with Crippen molar-refractivity contribution in [1.29, 1.82) is 0 Å². The molecule has 0 radical (unpaired) electrons. The normalized spacial score (nSPS) is 14.4. The summed E-state index contributed by atoms with van der Waals surface area (Å²) in [5.74, 6) is -0.962. The van der Waals surface area contributed by atoms with Gasteiger partial charge in [-0.25, -0.2) is 9.80 Å². The standard InChI is InChI=1S/C24H17ClN2O5/c1-31-19-10-7-15(8-11-19)24(30)32-21-12-9-17(25)13-16(21)14-20-22(28)26-27(23(20)29)18-5-3-2-4-6-18/h2-14H,1H3,(H,26,28)/b20-14-. The second-order valence-electron chi connectivity index (χ2n) is 6.78. The molecule has 1 N–H and O–H groups in total. The van der Waals surface area contributed by atoms with Crippen LogP contribution in [0, 0.1) is 0 Å².